The summed E-state index contributed by atoms with van der Waals surface area (Å²) in [5, 5.41) is 0. The molecule has 1 heterocycles. The molecule has 0 aliphatic rings. The van der Waals surface area contributed by atoms with E-state index in [1.165, 1.54) is 0 Å². The van der Waals surface area contributed by atoms with Crippen molar-refractivity contribution in [2.45, 2.75) is 46.1 Å². The van der Waals surface area contributed by atoms with Crippen LogP contribution < -0.4 is 10.2 Å². The van der Waals surface area contributed by atoms with Crippen molar-refractivity contribution < 1.29 is 14.3 Å². The average molecular weight is 416 g/mol. The summed E-state index contributed by atoms with van der Waals surface area (Å²) in [7, 11) is 5.83. The standard InChI is InChI=1S/C25H29BN2O3/c1-3-30-24(29)11-5-4-8-16-31-23-10-7-6-9-21(23)18-28-19(2)17-27-25(28)20-12-14-22(26)15-13-20/h6-7,9-10,12-15,17H,3-5,8,11,16,18H2,1-2H3. The van der Waals surface area contributed by atoms with Gasteiger partial charge in [-0.05, 0) is 39.2 Å². The highest BCUT2D eigenvalue weighted by Crippen LogP contribution is 2.24. The van der Waals surface area contributed by atoms with Crippen LogP contribution in [0, 0.1) is 6.92 Å². The van der Waals surface area contributed by atoms with Gasteiger partial charge in [-0.15, -0.1) is 0 Å². The molecule has 0 saturated heterocycles. The van der Waals surface area contributed by atoms with Crippen LogP contribution >= 0.6 is 0 Å². The summed E-state index contributed by atoms with van der Waals surface area (Å²) in [4.78, 5) is 16.0. The number of rotatable bonds is 11. The van der Waals surface area contributed by atoms with E-state index in [1.54, 1.807) is 0 Å². The second-order valence-corrected chi connectivity index (χ2v) is 7.50. The van der Waals surface area contributed by atoms with Crippen LogP contribution in [0.4, 0.5) is 0 Å². The largest absolute Gasteiger partial charge is 0.493 e. The number of esters is 1. The Bertz CT molecular complexity index is 983. The number of nitrogens with zero attached hydrogens (tertiary/aromatic N) is 2. The van der Waals surface area contributed by atoms with Crippen LogP contribution in [0.25, 0.3) is 11.4 Å². The fraction of sp³-hybridized carbons (Fsp3) is 0.360. The summed E-state index contributed by atoms with van der Waals surface area (Å²) in [5.41, 5.74) is 3.95. The average Bonchev–Trinajstić information content (AvgIpc) is 3.12. The third-order valence-electron chi connectivity index (χ3n) is 5.11. The normalized spacial score (nSPS) is 10.8. The molecule has 31 heavy (non-hydrogen) atoms. The monoisotopic (exact) mass is 416 g/mol. The number of ether oxygens (including phenoxy) is 2. The minimum atomic E-state index is -0.124. The molecular formula is C25H29BN2O3. The zero-order chi connectivity index (χ0) is 22.1. The minimum absolute atomic E-state index is 0.124. The lowest BCUT2D eigenvalue weighted by Crippen LogP contribution is -2.08. The lowest BCUT2D eigenvalue weighted by molar-refractivity contribution is -0.143. The molecule has 0 aliphatic heterocycles. The molecule has 1 aromatic heterocycles. The van der Waals surface area contributed by atoms with Gasteiger partial charge < -0.3 is 14.0 Å². The quantitative estimate of drug-likeness (QED) is 0.267. The van der Waals surface area contributed by atoms with Crippen molar-refractivity contribution in [1.29, 1.82) is 0 Å². The number of para-hydroxylation sites is 1. The highest BCUT2D eigenvalue weighted by atomic mass is 16.5. The highest BCUT2D eigenvalue weighted by Gasteiger charge is 2.12. The van der Waals surface area contributed by atoms with Gasteiger partial charge in [0.15, 0.2) is 0 Å². The highest BCUT2D eigenvalue weighted by molar-refractivity contribution is 6.32. The predicted octanol–water partition coefficient (Wildman–Crippen LogP) is 4.20. The number of unbranched alkanes of at least 4 members (excludes halogenated alkanes) is 2. The molecular weight excluding hydrogens is 387 g/mol. The van der Waals surface area contributed by atoms with E-state index in [0.29, 0.717) is 26.2 Å². The van der Waals surface area contributed by atoms with Gasteiger partial charge in [0.2, 0.25) is 0 Å². The molecule has 0 unspecified atom stereocenters. The maximum Gasteiger partial charge on any atom is 0.305 e. The molecule has 5 nitrogen and oxygen atoms in total. The Balaban J connectivity index is 1.61. The SMILES string of the molecule is [B]c1ccc(-c2ncc(C)n2Cc2ccccc2OCCCCCC(=O)OCC)cc1. The molecule has 0 amide bonds. The first-order valence-electron chi connectivity index (χ1n) is 10.8. The maximum atomic E-state index is 11.4. The molecule has 0 spiro atoms. The second kappa shape index (κ2) is 11.4. The Morgan fingerprint density at radius 3 is 2.61 bits per heavy atom. The third kappa shape index (κ3) is 6.48. The summed E-state index contributed by atoms with van der Waals surface area (Å²) in [5.74, 6) is 1.66. The molecule has 0 saturated carbocycles. The first kappa shape index (κ1) is 22.7. The number of imidazole rings is 1. The summed E-state index contributed by atoms with van der Waals surface area (Å²) in [6.07, 6.45) is 5.01. The van der Waals surface area contributed by atoms with Crippen LogP contribution in [0.5, 0.6) is 5.75 Å². The van der Waals surface area contributed by atoms with Gasteiger partial charge in [0, 0.05) is 29.4 Å². The number of aryl methyl sites for hydroxylation is 1. The van der Waals surface area contributed by atoms with E-state index < -0.39 is 0 Å². The van der Waals surface area contributed by atoms with Gasteiger partial charge in [0.25, 0.3) is 0 Å². The fourth-order valence-corrected chi connectivity index (χ4v) is 3.43. The van der Waals surface area contributed by atoms with Crippen molar-refractivity contribution in [3.05, 3.63) is 66.0 Å². The predicted molar refractivity (Wildman–Crippen MR) is 124 cm³/mol. The molecule has 6 heteroatoms. The lowest BCUT2D eigenvalue weighted by atomic mass is 9.95. The zero-order valence-corrected chi connectivity index (χ0v) is 18.3. The van der Waals surface area contributed by atoms with E-state index in [0.717, 1.165) is 53.1 Å². The number of carbonyl (C=O) groups excluding carboxylic acids is 1. The molecule has 0 N–H and O–H groups in total. The van der Waals surface area contributed by atoms with Crippen molar-refractivity contribution in [2.75, 3.05) is 13.2 Å². The van der Waals surface area contributed by atoms with E-state index in [2.05, 4.69) is 22.5 Å². The van der Waals surface area contributed by atoms with Crippen molar-refractivity contribution in [1.82, 2.24) is 9.55 Å². The van der Waals surface area contributed by atoms with E-state index in [9.17, 15) is 4.79 Å². The molecule has 3 rings (SSSR count). The van der Waals surface area contributed by atoms with E-state index >= 15 is 0 Å². The minimum Gasteiger partial charge on any atom is -0.493 e. The van der Waals surface area contributed by atoms with Gasteiger partial charge in [-0.1, -0.05) is 47.9 Å². The summed E-state index contributed by atoms with van der Waals surface area (Å²) >= 11 is 0. The Morgan fingerprint density at radius 1 is 1.06 bits per heavy atom. The van der Waals surface area contributed by atoms with Gasteiger partial charge in [-0.3, -0.25) is 4.79 Å². The van der Waals surface area contributed by atoms with Gasteiger partial charge in [-0.2, -0.15) is 0 Å². The van der Waals surface area contributed by atoms with Gasteiger partial charge >= 0.3 is 5.97 Å². The summed E-state index contributed by atoms with van der Waals surface area (Å²) < 4.78 is 13.2. The van der Waals surface area contributed by atoms with E-state index in [-0.39, 0.29) is 5.97 Å². The van der Waals surface area contributed by atoms with Gasteiger partial charge in [0.1, 0.15) is 19.4 Å². The number of hydrogen-bond donors (Lipinski definition) is 0. The molecule has 3 aromatic rings. The number of aromatic nitrogens is 2. The smallest absolute Gasteiger partial charge is 0.305 e. The van der Waals surface area contributed by atoms with Gasteiger partial charge in [-0.25, -0.2) is 4.98 Å². The molecule has 0 fully saturated rings. The van der Waals surface area contributed by atoms with Crippen molar-refractivity contribution in [3.63, 3.8) is 0 Å². The summed E-state index contributed by atoms with van der Waals surface area (Å²) in [6.45, 7) is 5.61. The molecule has 0 aliphatic carbocycles. The maximum absolute atomic E-state index is 11.4. The van der Waals surface area contributed by atoms with Crippen LogP contribution in [0.15, 0.2) is 54.7 Å². The third-order valence-corrected chi connectivity index (χ3v) is 5.11. The Kier molecular flexibility index (Phi) is 8.33. The number of benzene rings is 2. The van der Waals surface area contributed by atoms with E-state index in [4.69, 9.17) is 17.3 Å². The number of carbonyl (C=O) groups is 1. The Hall–Kier alpha value is -3.02. The van der Waals surface area contributed by atoms with Crippen molar-refractivity contribution in [2.24, 2.45) is 0 Å². The molecule has 2 radical (unpaired) electrons. The van der Waals surface area contributed by atoms with Crippen LogP contribution in [-0.4, -0.2) is 36.6 Å². The van der Waals surface area contributed by atoms with Crippen molar-refractivity contribution in [3.8, 4) is 17.1 Å². The van der Waals surface area contributed by atoms with Crippen LogP contribution in [0.2, 0.25) is 0 Å². The molecule has 0 atom stereocenters. The fourth-order valence-electron chi connectivity index (χ4n) is 3.43. The van der Waals surface area contributed by atoms with Crippen LogP contribution in [0.1, 0.15) is 43.9 Å². The molecule has 2 aromatic carbocycles. The number of hydrogen-bond acceptors (Lipinski definition) is 4. The Labute approximate surface area is 185 Å². The van der Waals surface area contributed by atoms with Crippen LogP contribution in [0.3, 0.4) is 0 Å². The van der Waals surface area contributed by atoms with E-state index in [1.807, 2.05) is 55.6 Å². The second-order valence-electron chi connectivity index (χ2n) is 7.50. The Morgan fingerprint density at radius 2 is 1.84 bits per heavy atom. The molecule has 0 bridgehead atoms. The zero-order valence-electron chi connectivity index (χ0n) is 18.3. The van der Waals surface area contributed by atoms with Crippen LogP contribution in [-0.2, 0) is 16.1 Å². The first-order valence-corrected chi connectivity index (χ1v) is 10.8. The molecule has 160 valence electrons. The van der Waals surface area contributed by atoms with Crippen molar-refractivity contribution >= 4 is 19.3 Å². The first-order chi connectivity index (χ1) is 15.1. The lowest BCUT2D eigenvalue weighted by Gasteiger charge is -2.15. The summed E-state index contributed by atoms with van der Waals surface area (Å²) in [6, 6.07) is 15.9. The topological polar surface area (TPSA) is 53.4 Å². The van der Waals surface area contributed by atoms with Gasteiger partial charge in [0.05, 0.1) is 19.8 Å².